The van der Waals surface area contributed by atoms with Crippen LogP contribution in [0.2, 0.25) is 0 Å². The summed E-state index contributed by atoms with van der Waals surface area (Å²) >= 11 is 0. The second-order valence-corrected chi connectivity index (χ2v) is 5.57. The van der Waals surface area contributed by atoms with Gasteiger partial charge in [-0.1, -0.05) is 24.3 Å². The van der Waals surface area contributed by atoms with Gasteiger partial charge in [0, 0.05) is 11.0 Å². The zero-order chi connectivity index (χ0) is 11.9. The minimum absolute atomic E-state index is 0. The molecule has 1 fully saturated rings. The summed E-state index contributed by atoms with van der Waals surface area (Å²) in [5.41, 5.74) is 2.20. The van der Waals surface area contributed by atoms with Gasteiger partial charge in [-0.3, -0.25) is 4.79 Å². The molecule has 0 atom stereocenters. The normalized spacial score (nSPS) is 22.4. The predicted octanol–water partition coefficient (Wildman–Crippen LogP) is 2.95. The molecule has 0 bridgehead atoms. The van der Waals surface area contributed by atoms with Crippen molar-refractivity contribution < 1.29 is 4.79 Å². The summed E-state index contributed by atoms with van der Waals surface area (Å²) in [4.78, 5) is 15.0. The molecule has 98 valence electrons. The molecule has 1 spiro atoms. The minimum Gasteiger partial charge on any atom is -0.306 e. The van der Waals surface area contributed by atoms with Gasteiger partial charge in [0.15, 0.2) is 5.78 Å². The third kappa shape index (κ3) is 2.08. The highest BCUT2D eigenvalue weighted by Gasteiger charge is 2.43. The van der Waals surface area contributed by atoms with Crippen molar-refractivity contribution in [3.8, 4) is 0 Å². The van der Waals surface area contributed by atoms with Gasteiger partial charge in [-0.05, 0) is 51.4 Å². The van der Waals surface area contributed by atoms with Gasteiger partial charge in [-0.25, -0.2) is 0 Å². The molecule has 1 heterocycles. The number of ketones is 1. The molecule has 2 nitrogen and oxygen atoms in total. The first-order chi connectivity index (χ1) is 8.21. The highest BCUT2D eigenvalue weighted by Crippen LogP contribution is 2.42. The number of likely N-dealkylation sites (tertiary alicyclic amines) is 1. The summed E-state index contributed by atoms with van der Waals surface area (Å²) in [5.74, 6) is 0.410. The number of hydrogen-bond acceptors (Lipinski definition) is 2. The highest BCUT2D eigenvalue weighted by atomic mass is 35.5. The number of aryl methyl sites for hydroxylation is 1. The summed E-state index contributed by atoms with van der Waals surface area (Å²) < 4.78 is 0. The third-order valence-corrected chi connectivity index (χ3v) is 4.56. The Hall–Kier alpha value is -0.860. The van der Waals surface area contributed by atoms with E-state index in [0.717, 1.165) is 44.3 Å². The van der Waals surface area contributed by atoms with Gasteiger partial charge in [0.2, 0.25) is 0 Å². The van der Waals surface area contributed by atoms with Crippen LogP contribution in [0.3, 0.4) is 0 Å². The van der Waals surface area contributed by atoms with Crippen LogP contribution in [0.1, 0.15) is 35.2 Å². The Morgan fingerprint density at radius 2 is 1.78 bits per heavy atom. The van der Waals surface area contributed by atoms with Crippen molar-refractivity contribution in [1.29, 1.82) is 0 Å². The number of nitrogens with zero attached hydrogens (tertiary/aromatic N) is 1. The lowest BCUT2D eigenvalue weighted by Gasteiger charge is -2.42. The molecular formula is C15H20ClNO. The van der Waals surface area contributed by atoms with Gasteiger partial charge in [0.25, 0.3) is 0 Å². The minimum atomic E-state index is -0.0408. The first kappa shape index (κ1) is 13.6. The van der Waals surface area contributed by atoms with Crippen LogP contribution in [-0.4, -0.2) is 30.8 Å². The lowest BCUT2D eigenvalue weighted by Crippen LogP contribution is -2.45. The van der Waals surface area contributed by atoms with Gasteiger partial charge < -0.3 is 4.90 Å². The number of carbonyl (C=O) groups excluding carboxylic acids is 1. The van der Waals surface area contributed by atoms with Crippen LogP contribution in [0, 0.1) is 5.41 Å². The van der Waals surface area contributed by atoms with E-state index in [1.165, 1.54) is 5.56 Å². The largest absolute Gasteiger partial charge is 0.306 e. The number of piperidine rings is 1. The van der Waals surface area contributed by atoms with Crippen molar-refractivity contribution in [3.05, 3.63) is 35.4 Å². The second kappa shape index (κ2) is 5.02. The average molecular weight is 266 g/mol. The predicted molar refractivity (Wildman–Crippen MR) is 75.5 cm³/mol. The maximum atomic E-state index is 12.7. The van der Waals surface area contributed by atoms with E-state index in [1.807, 2.05) is 18.2 Å². The zero-order valence-corrected chi connectivity index (χ0v) is 11.6. The van der Waals surface area contributed by atoms with E-state index in [-0.39, 0.29) is 17.8 Å². The lowest BCUT2D eigenvalue weighted by atomic mass is 9.65. The van der Waals surface area contributed by atoms with Crippen molar-refractivity contribution in [3.63, 3.8) is 0 Å². The molecule has 0 radical (unpaired) electrons. The number of rotatable bonds is 0. The molecule has 1 aromatic carbocycles. The van der Waals surface area contributed by atoms with E-state index in [0.29, 0.717) is 5.78 Å². The number of fused-ring (bicyclic) bond motifs is 1. The molecule has 2 aliphatic rings. The van der Waals surface area contributed by atoms with Crippen LogP contribution in [0.25, 0.3) is 0 Å². The number of halogens is 1. The van der Waals surface area contributed by atoms with Crippen LogP contribution in [-0.2, 0) is 6.42 Å². The van der Waals surface area contributed by atoms with Crippen molar-refractivity contribution in [2.75, 3.05) is 20.1 Å². The van der Waals surface area contributed by atoms with E-state index >= 15 is 0 Å². The SMILES string of the molecule is CN1CCC2(CCc3ccccc3C2=O)CC1.Cl. The molecule has 3 heteroatoms. The summed E-state index contributed by atoms with van der Waals surface area (Å²) in [5, 5.41) is 0. The molecular weight excluding hydrogens is 246 g/mol. The van der Waals surface area contributed by atoms with E-state index in [2.05, 4.69) is 18.0 Å². The van der Waals surface area contributed by atoms with Crippen molar-refractivity contribution in [2.45, 2.75) is 25.7 Å². The maximum absolute atomic E-state index is 12.7. The van der Waals surface area contributed by atoms with Crippen LogP contribution in [0.5, 0.6) is 0 Å². The Kier molecular flexibility index (Phi) is 3.79. The molecule has 3 rings (SSSR count). The van der Waals surface area contributed by atoms with Crippen LogP contribution >= 0.6 is 12.4 Å². The zero-order valence-electron chi connectivity index (χ0n) is 10.8. The Bertz CT molecular complexity index is 450. The molecule has 0 amide bonds. The van der Waals surface area contributed by atoms with E-state index in [4.69, 9.17) is 0 Å². The van der Waals surface area contributed by atoms with Gasteiger partial charge in [-0.15, -0.1) is 12.4 Å². The standard InChI is InChI=1S/C15H19NO.ClH/c1-16-10-8-15(9-11-16)7-6-12-4-2-3-5-13(12)14(15)17;/h2-5H,6-11H2,1H3;1H. The first-order valence-corrected chi connectivity index (χ1v) is 6.53. The molecule has 0 saturated carbocycles. The van der Waals surface area contributed by atoms with Crippen LogP contribution in [0.4, 0.5) is 0 Å². The highest BCUT2D eigenvalue weighted by molar-refractivity contribution is 6.02. The summed E-state index contributed by atoms with van der Waals surface area (Å²) in [6, 6.07) is 8.15. The molecule has 1 aromatic rings. The Labute approximate surface area is 115 Å². The Morgan fingerprint density at radius 1 is 1.11 bits per heavy atom. The van der Waals surface area contributed by atoms with Crippen LogP contribution in [0.15, 0.2) is 24.3 Å². The molecule has 0 N–H and O–H groups in total. The Balaban J connectivity index is 0.00000120. The topological polar surface area (TPSA) is 20.3 Å². The summed E-state index contributed by atoms with van der Waals surface area (Å²) in [7, 11) is 2.15. The average Bonchev–Trinajstić information content (AvgIpc) is 2.38. The van der Waals surface area contributed by atoms with Crippen molar-refractivity contribution in [1.82, 2.24) is 4.90 Å². The smallest absolute Gasteiger partial charge is 0.169 e. The van der Waals surface area contributed by atoms with Crippen molar-refractivity contribution >= 4 is 18.2 Å². The number of carbonyl (C=O) groups is 1. The molecule has 0 unspecified atom stereocenters. The van der Waals surface area contributed by atoms with Gasteiger partial charge >= 0.3 is 0 Å². The lowest BCUT2D eigenvalue weighted by molar-refractivity contribution is 0.0580. The van der Waals surface area contributed by atoms with Gasteiger partial charge in [0.1, 0.15) is 0 Å². The second-order valence-electron chi connectivity index (χ2n) is 5.57. The van der Waals surface area contributed by atoms with Gasteiger partial charge in [-0.2, -0.15) is 0 Å². The Morgan fingerprint density at radius 3 is 2.50 bits per heavy atom. The monoisotopic (exact) mass is 265 g/mol. The van der Waals surface area contributed by atoms with Crippen molar-refractivity contribution in [2.24, 2.45) is 5.41 Å². The molecule has 18 heavy (non-hydrogen) atoms. The van der Waals surface area contributed by atoms with Crippen LogP contribution < -0.4 is 0 Å². The van der Waals surface area contributed by atoms with E-state index < -0.39 is 0 Å². The van der Waals surface area contributed by atoms with E-state index in [9.17, 15) is 4.79 Å². The quantitative estimate of drug-likeness (QED) is 0.719. The molecule has 0 aromatic heterocycles. The fourth-order valence-electron chi connectivity index (χ4n) is 3.26. The summed E-state index contributed by atoms with van der Waals surface area (Å²) in [6.07, 6.45) is 4.20. The third-order valence-electron chi connectivity index (χ3n) is 4.56. The number of hydrogen-bond donors (Lipinski definition) is 0. The fraction of sp³-hybridized carbons (Fsp3) is 0.533. The molecule has 1 aliphatic carbocycles. The molecule has 1 saturated heterocycles. The number of benzene rings is 1. The number of Topliss-reactive ketones (excluding diaryl/α,β-unsaturated/α-hetero) is 1. The van der Waals surface area contributed by atoms with E-state index in [1.54, 1.807) is 0 Å². The van der Waals surface area contributed by atoms with Gasteiger partial charge in [0.05, 0.1) is 0 Å². The fourth-order valence-corrected chi connectivity index (χ4v) is 3.26. The summed E-state index contributed by atoms with van der Waals surface area (Å²) in [6.45, 7) is 2.13. The molecule has 1 aliphatic heterocycles. The maximum Gasteiger partial charge on any atom is 0.169 e. The first-order valence-electron chi connectivity index (χ1n) is 6.53.